The van der Waals surface area contributed by atoms with Crippen molar-refractivity contribution in [2.45, 2.75) is 19.0 Å². The topological polar surface area (TPSA) is 87.2 Å². The van der Waals surface area contributed by atoms with Crippen LogP contribution in [0.15, 0.2) is 60.7 Å². The van der Waals surface area contributed by atoms with Crippen molar-refractivity contribution in [3.05, 3.63) is 71.8 Å². The molecule has 2 saturated heterocycles. The monoisotopic (exact) mass is 408 g/mol. The summed E-state index contributed by atoms with van der Waals surface area (Å²) in [6, 6.07) is 18.9. The van der Waals surface area contributed by atoms with Crippen molar-refractivity contribution in [1.82, 2.24) is 9.80 Å². The quantitative estimate of drug-likeness (QED) is 0.790. The van der Waals surface area contributed by atoms with Gasteiger partial charge in [0.15, 0.2) is 0 Å². The van der Waals surface area contributed by atoms with Gasteiger partial charge in [0, 0.05) is 19.6 Å². The lowest BCUT2D eigenvalue weighted by molar-refractivity contribution is -0.147. The van der Waals surface area contributed by atoms with Crippen LogP contribution in [0.25, 0.3) is 0 Å². The van der Waals surface area contributed by atoms with Gasteiger partial charge in [-0.25, -0.2) is 9.69 Å². The van der Waals surface area contributed by atoms with E-state index in [0.717, 1.165) is 16.0 Å². The maximum atomic E-state index is 13.3. The molecular formula is C23H24N2O5. The van der Waals surface area contributed by atoms with Gasteiger partial charge in [0.25, 0.3) is 0 Å². The zero-order chi connectivity index (χ0) is 21.1. The number of carboxylic acid groups (broad SMARTS) is 1. The number of hydrogen-bond acceptors (Lipinski definition) is 5. The Hall–Kier alpha value is -3.19. The van der Waals surface area contributed by atoms with E-state index in [9.17, 15) is 19.5 Å². The second-order valence-corrected chi connectivity index (χ2v) is 7.86. The van der Waals surface area contributed by atoms with Gasteiger partial charge in [0.1, 0.15) is 6.61 Å². The highest BCUT2D eigenvalue weighted by Gasteiger charge is 2.48. The van der Waals surface area contributed by atoms with E-state index in [1.165, 1.54) is 0 Å². The Bertz CT molecular complexity index is 918. The normalized spacial score (nSPS) is 24.1. The molecule has 4 rings (SSSR count). The van der Waals surface area contributed by atoms with E-state index in [-0.39, 0.29) is 13.2 Å². The molecule has 2 aliphatic rings. The van der Waals surface area contributed by atoms with E-state index in [0.29, 0.717) is 19.5 Å². The molecule has 2 aromatic rings. The van der Waals surface area contributed by atoms with Crippen molar-refractivity contribution < 1.29 is 24.2 Å². The smallest absolute Gasteiger partial charge is 0.416 e. The highest BCUT2D eigenvalue weighted by molar-refractivity contribution is 5.97. The van der Waals surface area contributed by atoms with E-state index in [4.69, 9.17) is 4.74 Å². The molecule has 0 radical (unpaired) electrons. The number of likely N-dealkylation sites (tertiary alicyclic amines) is 1. The number of carboxylic acids is 1. The summed E-state index contributed by atoms with van der Waals surface area (Å²) in [4.78, 5) is 40.6. The Morgan fingerprint density at radius 3 is 2.17 bits per heavy atom. The van der Waals surface area contributed by atoms with Crippen LogP contribution in [0.3, 0.4) is 0 Å². The lowest BCUT2D eigenvalue weighted by Crippen LogP contribution is -2.46. The summed E-state index contributed by atoms with van der Waals surface area (Å²) in [5, 5.41) is 9.71. The fraction of sp³-hybridized carbons (Fsp3) is 0.348. The van der Waals surface area contributed by atoms with Crippen LogP contribution in [0.4, 0.5) is 4.79 Å². The first-order valence-corrected chi connectivity index (χ1v) is 10.1. The summed E-state index contributed by atoms with van der Waals surface area (Å²) in [5.41, 5.74) is 2.04. The number of carbonyl (C=O) groups excluding carboxylic acids is 2. The summed E-state index contributed by atoms with van der Waals surface area (Å²) < 4.78 is 5.15. The summed E-state index contributed by atoms with van der Waals surface area (Å²) in [5.74, 6) is -3.11. The zero-order valence-corrected chi connectivity index (χ0v) is 16.5. The average molecular weight is 408 g/mol. The van der Waals surface area contributed by atoms with E-state index < -0.39 is 35.8 Å². The van der Waals surface area contributed by atoms with Crippen LogP contribution >= 0.6 is 0 Å². The largest absolute Gasteiger partial charge is 0.481 e. The van der Waals surface area contributed by atoms with Gasteiger partial charge < -0.3 is 9.84 Å². The molecule has 2 aliphatic heterocycles. The molecular weight excluding hydrogens is 384 g/mol. The number of nitrogens with zero attached hydrogens (tertiary/aromatic N) is 2. The fourth-order valence-corrected chi connectivity index (χ4v) is 4.30. The minimum Gasteiger partial charge on any atom is -0.481 e. The average Bonchev–Trinajstić information content (AvgIpc) is 3.33. The van der Waals surface area contributed by atoms with Crippen LogP contribution in [0, 0.1) is 11.8 Å². The molecule has 2 unspecified atom stereocenters. The molecule has 7 nitrogen and oxygen atoms in total. The van der Waals surface area contributed by atoms with Crippen LogP contribution in [0.1, 0.15) is 11.1 Å². The van der Waals surface area contributed by atoms with Crippen LogP contribution in [0.5, 0.6) is 0 Å². The standard InChI is InChI=1S/C23H24N2O5/c26-21(25-18(15-30-23(25)29)11-16-7-3-1-4-8-16)19-13-24(14-20(19)22(27)28)12-17-9-5-2-6-10-17/h1-10,18-20H,11-15H2,(H,27,28)/t18-,19?,20?/m0/s1. The third-order valence-electron chi connectivity index (χ3n) is 5.79. The van der Waals surface area contributed by atoms with Gasteiger partial charge in [-0.3, -0.25) is 14.5 Å². The number of amides is 2. The third kappa shape index (κ3) is 4.21. The van der Waals surface area contributed by atoms with Gasteiger partial charge in [-0.05, 0) is 17.5 Å². The van der Waals surface area contributed by atoms with Crippen molar-refractivity contribution in [2.24, 2.45) is 11.8 Å². The predicted molar refractivity (Wildman–Crippen MR) is 108 cm³/mol. The molecule has 0 bridgehead atoms. The molecule has 30 heavy (non-hydrogen) atoms. The van der Waals surface area contributed by atoms with Gasteiger partial charge in [-0.2, -0.15) is 0 Å². The number of hydrogen-bond donors (Lipinski definition) is 1. The summed E-state index contributed by atoms with van der Waals surface area (Å²) >= 11 is 0. The lowest BCUT2D eigenvalue weighted by Gasteiger charge is -2.24. The number of ether oxygens (including phenoxy) is 1. The van der Waals surface area contributed by atoms with Crippen molar-refractivity contribution >= 4 is 18.0 Å². The predicted octanol–water partition coefficient (Wildman–Crippen LogP) is 2.41. The molecule has 0 spiro atoms. The SMILES string of the molecule is O=C(O)C1CN(Cc2ccccc2)CC1C(=O)N1C(=O)OC[C@@H]1Cc1ccccc1. The second-order valence-electron chi connectivity index (χ2n) is 7.86. The number of carbonyl (C=O) groups is 3. The minimum atomic E-state index is -1.02. The van der Waals surface area contributed by atoms with Gasteiger partial charge >= 0.3 is 12.1 Å². The molecule has 2 fully saturated rings. The van der Waals surface area contributed by atoms with Crippen molar-refractivity contribution in [3.8, 4) is 0 Å². The minimum absolute atomic E-state index is 0.123. The van der Waals surface area contributed by atoms with E-state index in [1.54, 1.807) is 0 Å². The molecule has 2 heterocycles. The fourth-order valence-electron chi connectivity index (χ4n) is 4.30. The maximum Gasteiger partial charge on any atom is 0.416 e. The number of imide groups is 1. The van der Waals surface area contributed by atoms with Gasteiger partial charge in [-0.1, -0.05) is 60.7 Å². The third-order valence-corrected chi connectivity index (χ3v) is 5.79. The number of rotatable bonds is 6. The molecule has 2 amide bonds. The summed E-state index contributed by atoms with van der Waals surface area (Å²) in [6.45, 7) is 1.25. The highest BCUT2D eigenvalue weighted by atomic mass is 16.6. The molecule has 0 aromatic heterocycles. The molecule has 1 N–H and O–H groups in total. The van der Waals surface area contributed by atoms with Crippen molar-refractivity contribution in [1.29, 1.82) is 0 Å². The first kappa shape index (κ1) is 20.1. The number of aliphatic carboxylic acids is 1. The lowest BCUT2D eigenvalue weighted by atomic mass is 9.94. The molecule has 0 saturated carbocycles. The van der Waals surface area contributed by atoms with E-state index >= 15 is 0 Å². The van der Waals surface area contributed by atoms with E-state index in [1.807, 2.05) is 65.6 Å². The Kier molecular flexibility index (Phi) is 5.81. The Labute approximate surface area is 174 Å². The van der Waals surface area contributed by atoms with Gasteiger partial charge in [-0.15, -0.1) is 0 Å². The summed E-state index contributed by atoms with van der Waals surface area (Å²) in [6.07, 6.45) is -0.206. The first-order chi connectivity index (χ1) is 14.5. The second kappa shape index (κ2) is 8.67. The number of cyclic esters (lactones) is 1. The molecule has 0 aliphatic carbocycles. The molecule has 156 valence electrons. The van der Waals surface area contributed by atoms with Crippen LogP contribution in [0.2, 0.25) is 0 Å². The van der Waals surface area contributed by atoms with Crippen LogP contribution < -0.4 is 0 Å². The first-order valence-electron chi connectivity index (χ1n) is 10.1. The van der Waals surface area contributed by atoms with Crippen molar-refractivity contribution in [2.75, 3.05) is 19.7 Å². The molecule has 3 atom stereocenters. The van der Waals surface area contributed by atoms with Gasteiger partial charge in [0.2, 0.25) is 5.91 Å². The Morgan fingerprint density at radius 1 is 0.933 bits per heavy atom. The van der Waals surface area contributed by atoms with E-state index in [2.05, 4.69) is 0 Å². The highest BCUT2D eigenvalue weighted by Crippen LogP contribution is 2.30. The van der Waals surface area contributed by atoms with Crippen LogP contribution in [-0.2, 0) is 27.3 Å². The van der Waals surface area contributed by atoms with Crippen LogP contribution in [-0.4, -0.2) is 58.6 Å². The Balaban J connectivity index is 1.50. The Morgan fingerprint density at radius 2 is 1.53 bits per heavy atom. The maximum absolute atomic E-state index is 13.3. The molecule has 2 aromatic carbocycles. The van der Waals surface area contributed by atoms with Gasteiger partial charge in [0.05, 0.1) is 17.9 Å². The summed E-state index contributed by atoms with van der Waals surface area (Å²) in [7, 11) is 0. The van der Waals surface area contributed by atoms with Crippen molar-refractivity contribution in [3.63, 3.8) is 0 Å². The zero-order valence-electron chi connectivity index (χ0n) is 16.5. The molecule has 7 heteroatoms. The number of benzene rings is 2.